The number of cyclic esters (lactones) is 1. The number of hydrogen-bond acceptors (Lipinski definition) is 14. The predicted octanol–water partition coefficient (Wildman–Crippen LogP) is 2.87. The second-order valence-electron chi connectivity index (χ2n) is 19.0. The van der Waals surface area contributed by atoms with Gasteiger partial charge in [0.15, 0.2) is 18.9 Å². The van der Waals surface area contributed by atoms with E-state index in [9.17, 15) is 30.3 Å². The number of hydrogen-bond donors (Lipinski definition) is 5. The summed E-state index contributed by atoms with van der Waals surface area (Å²) in [6.07, 6.45) is 0.337. The van der Waals surface area contributed by atoms with Crippen molar-refractivity contribution < 1.29 is 68.2 Å². The number of fused-ring (bicyclic) bond motifs is 5. The zero-order valence-corrected chi connectivity index (χ0v) is 33.9. The molecule has 0 bridgehead atoms. The van der Waals surface area contributed by atoms with E-state index < -0.39 is 90.9 Å². The molecule has 14 heteroatoms. The average Bonchev–Trinajstić information content (AvgIpc) is 3.70. The molecule has 0 unspecified atom stereocenters. The number of rotatable bonds is 8. The van der Waals surface area contributed by atoms with E-state index in [0.717, 1.165) is 44.1 Å². The van der Waals surface area contributed by atoms with Crippen LogP contribution in [0.3, 0.4) is 0 Å². The average molecular weight is 795 g/mol. The van der Waals surface area contributed by atoms with Crippen molar-refractivity contribution in [2.24, 2.45) is 34.5 Å². The zero-order chi connectivity index (χ0) is 39.9. The van der Waals surface area contributed by atoms with Crippen LogP contribution in [-0.2, 0) is 42.7 Å². The zero-order valence-electron chi connectivity index (χ0n) is 33.9. The summed E-state index contributed by atoms with van der Waals surface area (Å²) in [6.45, 7) is 10.1. The number of carbonyl (C=O) groups excluding carboxylic acids is 1. The Labute approximate surface area is 330 Å². The van der Waals surface area contributed by atoms with E-state index in [2.05, 4.69) is 6.92 Å². The van der Waals surface area contributed by atoms with Crippen molar-refractivity contribution in [1.29, 1.82) is 0 Å². The highest BCUT2D eigenvalue weighted by Gasteiger charge is 2.71. The Morgan fingerprint density at radius 3 is 2.07 bits per heavy atom. The minimum Gasteiger partial charge on any atom is -0.458 e. The SMILES string of the molecule is CO[C@H]1C[C@H](O[C@H]2[C@@H](O)C[C@H](O[C@H]3CC[C@@]4(C)[C@H](CC[C@@H]5[C@@H]4C[C@@H](O)[C@]4(C)[C@@H](C6=CC(=O)OC6)CC[C@]54O)C3)O[C@@H]2C)O[C@H](C)[C@H]1O[C@H]1C[C@H](O)[C@H](O)[C@@H](C)O1. The molecular formula is C42H66O14. The highest BCUT2D eigenvalue weighted by molar-refractivity contribution is 5.85. The fourth-order valence-corrected chi connectivity index (χ4v) is 13.0. The van der Waals surface area contributed by atoms with Gasteiger partial charge in [0.1, 0.15) is 24.9 Å². The molecule has 21 atom stereocenters. The first-order valence-corrected chi connectivity index (χ1v) is 21.3. The molecule has 56 heavy (non-hydrogen) atoms. The van der Waals surface area contributed by atoms with Gasteiger partial charge < -0.3 is 63.4 Å². The molecule has 7 fully saturated rings. The van der Waals surface area contributed by atoms with Crippen LogP contribution in [0.5, 0.6) is 0 Å². The van der Waals surface area contributed by atoms with Crippen molar-refractivity contribution in [2.75, 3.05) is 13.7 Å². The highest BCUT2D eigenvalue weighted by atomic mass is 16.7. The first-order chi connectivity index (χ1) is 26.5. The lowest BCUT2D eigenvalue weighted by molar-refractivity contribution is -0.337. The van der Waals surface area contributed by atoms with E-state index in [1.165, 1.54) is 0 Å². The van der Waals surface area contributed by atoms with Gasteiger partial charge in [-0.2, -0.15) is 0 Å². The molecule has 0 amide bonds. The standard InChI is InChI=1S/C42H66O14/c1-20-37(47)29(43)16-35(51-20)56-39-22(3)53-36(18-31(39)49-6)55-38-21(2)52-34(17-30(38)44)54-25-9-11-40(4)24(14-25)7-8-27-28(40)15-32(45)41(5)26(10-12-42(27,41)48)23-13-33(46)50-19-23/h13,20-22,24-32,34-39,43-45,47-48H,7-12,14-19H2,1-6H3/t20-,21-,22-,24-,25+,26-,27-,28+,29+,30+,31+,32-,34+,35+,36+,37-,38-,39-,40+,41+,42+/m1/s1. The summed E-state index contributed by atoms with van der Waals surface area (Å²) in [6, 6.07) is 0. The van der Waals surface area contributed by atoms with Gasteiger partial charge in [-0.15, -0.1) is 0 Å². The fraction of sp³-hybridized carbons (Fsp3) is 0.929. The number of methoxy groups -OCH3 is 1. The predicted molar refractivity (Wildman–Crippen MR) is 197 cm³/mol. The van der Waals surface area contributed by atoms with Crippen LogP contribution in [0.15, 0.2) is 11.6 Å². The maximum atomic E-state index is 12.6. The van der Waals surface area contributed by atoms with Crippen molar-refractivity contribution in [2.45, 2.75) is 197 Å². The number of aliphatic hydroxyl groups is 5. The second kappa shape index (κ2) is 15.6. The van der Waals surface area contributed by atoms with Crippen LogP contribution in [0.1, 0.15) is 105 Å². The monoisotopic (exact) mass is 794 g/mol. The van der Waals surface area contributed by atoms with Gasteiger partial charge in [-0.3, -0.25) is 0 Å². The van der Waals surface area contributed by atoms with Crippen LogP contribution < -0.4 is 0 Å². The van der Waals surface area contributed by atoms with Gasteiger partial charge in [0.05, 0.1) is 54.4 Å². The summed E-state index contributed by atoms with van der Waals surface area (Å²) >= 11 is 0. The molecule has 8 aliphatic rings. The summed E-state index contributed by atoms with van der Waals surface area (Å²) < 4.78 is 48.6. The highest BCUT2D eigenvalue weighted by Crippen LogP contribution is 2.70. The molecule has 8 rings (SSSR count). The Kier molecular flexibility index (Phi) is 11.6. The lowest BCUT2D eigenvalue weighted by Gasteiger charge is -2.65. The van der Waals surface area contributed by atoms with Crippen molar-refractivity contribution >= 4 is 5.97 Å². The van der Waals surface area contributed by atoms with Gasteiger partial charge in [0, 0.05) is 37.9 Å². The van der Waals surface area contributed by atoms with Crippen LogP contribution >= 0.6 is 0 Å². The third-order valence-electron chi connectivity index (χ3n) is 16.2. The van der Waals surface area contributed by atoms with Crippen LogP contribution in [0.25, 0.3) is 0 Å². The van der Waals surface area contributed by atoms with Crippen molar-refractivity contribution in [1.82, 2.24) is 0 Å². The summed E-state index contributed by atoms with van der Waals surface area (Å²) in [5, 5.41) is 56.1. The normalized spacial score (nSPS) is 54.8. The molecule has 4 heterocycles. The van der Waals surface area contributed by atoms with E-state index in [-0.39, 0.29) is 54.7 Å². The fourth-order valence-electron chi connectivity index (χ4n) is 13.0. The molecule has 0 radical (unpaired) electrons. The topological polar surface area (TPSA) is 192 Å². The van der Waals surface area contributed by atoms with Crippen molar-refractivity contribution in [3.8, 4) is 0 Å². The van der Waals surface area contributed by atoms with Crippen LogP contribution in [0.2, 0.25) is 0 Å². The number of esters is 1. The number of ether oxygens (including phenoxy) is 8. The van der Waals surface area contributed by atoms with Gasteiger partial charge in [-0.1, -0.05) is 13.8 Å². The number of carbonyl (C=O) groups is 1. The number of aliphatic hydroxyl groups excluding tert-OH is 4. The van der Waals surface area contributed by atoms with E-state index in [4.69, 9.17) is 37.9 Å². The quantitative estimate of drug-likeness (QED) is 0.178. The first-order valence-electron chi connectivity index (χ1n) is 21.3. The van der Waals surface area contributed by atoms with Crippen molar-refractivity contribution in [3.05, 3.63) is 11.6 Å². The minimum absolute atomic E-state index is 0.0292. The van der Waals surface area contributed by atoms with E-state index in [0.29, 0.717) is 25.2 Å². The minimum atomic E-state index is -1.01. The van der Waals surface area contributed by atoms with E-state index in [1.54, 1.807) is 20.1 Å². The molecule has 4 aliphatic heterocycles. The smallest absolute Gasteiger partial charge is 0.331 e. The summed E-state index contributed by atoms with van der Waals surface area (Å²) in [5.74, 6) is 0.241. The summed E-state index contributed by atoms with van der Waals surface area (Å²) in [5.41, 5.74) is -0.865. The van der Waals surface area contributed by atoms with E-state index >= 15 is 0 Å². The van der Waals surface area contributed by atoms with Gasteiger partial charge in [0.2, 0.25) is 0 Å². The third kappa shape index (κ3) is 7.02. The Morgan fingerprint density at radius 2 is 1.39 bits per heavy atom. The van der Waals surface area contributed by atoms with Gasteiger partial charge in [0.25, 0.3) is 0 Å². The molecule has 4 aliphatic carbocycles. The first kappa shape index (κ1) is 41.5. The molecule has 14 nitrogen and oxygen atoms in total. The molecule has 5 N–H and O–H groups in total. The van der Waals surface area contributed by atoms with Crippen LogP contribution in [0, 0.1) is 34.5 Å². The van der Waals surface area contributed by atoms with Crippen LogP contribution in [-0.4, -0.2) is 137 Å². The Balaban J connectivity index is 0.844. The Bertz CT molecular complexity index is 1440. The molecule has 318 valence electrons. The maximum Gasteiger partial charge on any atom is 0.331 e. The molecular weight excluding hydrogens is 728 g/mol. The lowest BCUT2D eigenvalue weighted by Crippen LogP contribution is -2.67. The maximum absolute atomic E-state index is 12.6. The lowest BCUT2D eigenvalue weighted by atomic mass is 9.42. The van der Waals surface area contributed by atoms with Gasteiger partial charge in [-0.05, 0) is 107 Å². The molecule has 0 aromatic carbocycles. The van der Waals surface area contributed by atoms with E-state index in [1.807, 2.05) is 20.8 Å². The summed E-state index contributed by atoms with van der Waals surface area (Å²) in [7, 11) is 1.60. The molecule has 4 saturated carbocycles. The van der Waals surface area contributed by atoms with Crippen LogP contribution in [0.4, 0.5) is 0 Å². The van der Waals surface area contributed by atoms with Crippen molar-refractivity contribution in [3.63, 3.8) is 0 Å². The summed E-state index contributed by atoms with van der Waals surface area (Å²) in [4.78, 5) is 12.0. The molecule has 0 spiro atoms. The molecule has 0 aromatic rings. The third-order valence-corrected chi connectivity index (χ3v) is 16.2. The Hall–Kier alpha value is -1.27. The second-order valence-corrected chi connectivity index (χ2v) is 19.0. The van der Waals surface area contributed by atoms with Gasteiger partial charge in [-0.25, -0.2) is 4.79 Å². The molecule has 0 aromatic heterocycles. The van der Waals surface area contributed by atoms with Gasteiger partial charge >= 0.3 is 5.97 Å². The largest absolute Gasteiger partial charge is 0.458 e. The Morgan fingerprint density at radius 1 is 0.732 bits per heavy atom. The molecule has 3 saturated heterocycles.